The van der Waals surface area contributed by atoms with Crippen molar-refractivity contribution in [1.82, 2.24) is 9.62 Å². The molecule has 1 unspecified atom stereocenters. The second kappa shape index (κ2) is 11.1. The summed E-state index contributed by atoms with van der Waals surface area (Å²) in [6, 6.07) is 9.29. The molecular weight excluding hydrogens is 472 g/mol. The van der Waals surface area contributed by atoms with Crippen molar-refractivity contribution in [3.63, 3.8) is 0 Å². The van der Waals surface area contributed by atoms with Crippen LogP contribution in [0.15, 0.2) is 41.3 Å². The van der Waals surface area contributed by atoms with E-state index in [0.717, 1.165) is 5.56 Å². The normalized spacial score (nSPS) is 15.5. The molecule has 0 spiro atoms. The summed E-state index contributed by atoms with van der Waals surface area (Å²) in [5.74, 6) is 0.771. The number of methoxy groups -OCH3 is 2. The van der Waals surface area contributed by atoms with E-state index in [2.05, 4.69) is 5.32 Å². The maximum atomic E-state index is 13.1. The van der Waals surface area contributed by atoms with Crippen LogP contribution in [0.3, 0.4) is 0 Å². The molecule has 0 aliphatic carbocycles. The lowest BCUT2D eigenvalue weighted by Gasteiger charge is -2.27. The Morgan fingerprint density at radius 3 is 2.42 bits per heavy atom. The summed E-state index contributed by atoms with van der Waals surface area (Å²) in [6.45, 7) is 2.54. The van der Waals surface area contributed by atoms with E-state index < -0.39 is 15.9 Å². The van der Waals surface area contributed by atoms with Crippen molar-refractivity contribution in [2.24, 2.45) is 0 Å². The molecule has 1 amide bonds. The van der Waals surface area contributed by atoms with Gasteiger partial charge in [0.25, 0.3) is 5.91 Å². The lowest BCUT2D eigenvalue weighted by atomic mass is 10.1. The second-order valence-corrected chi connectivity index (χ2v) is 9.64. The number of ether oxygens (including phenoxy) is 4. The summed E-state index contributed by atoms with van der Waals surface area (Å²) in [7, 11) is -0.776. The predicted octanol–water partition coefficient (Wildman–Crippen LogP) is 2.63. The van der Waals surface area contributed by atoms with Crippen molar-refractivity contribution in [2.45, 2.75) is 17.9 Å². The topological polar surface area (TPSA) is 103 Å². The van der Waals surface area contributed by atoms with Crippen LogP contribution in [0.25, 0.3) is 0 Å². The van der Waals surface area contributed by atoms with Crippen LogP contribution in [0.4, 0.5) is 0 Å². The number of morpholine rings is 1. The monoisotopic (exact) mass is 498 g/mol. The fourth-order valence-electron chi connectivity index (χ4n) is 3.36. The van der Waals surface area contributed by atoms with Crippen LogP contribution in [0.2, 0.25) is 5.02 Å². The Balaban J connectivity index is 1.69. The molecule has 0 saturated carbocycles. The van der Waals surface area contributed by atoms with Crippen LogP contribution < -0.4 is 19.5 Å². The quantitative estimate of drug-likeness (QED) is 0.566. The Labute approximate surface area is 198 Å². The summed E-state index contributed by atoms with van der Waals surface area (Å²) in [5, 5.41) is 3.08. The molecule has 1 fully saturated rings. The van der Waals surface area contributed by atoms with Crippen molar-refractivity contribution in [1.29, 1.82) is 0 Å². The molecule has 1 aliphatic heterocycles. The molecule has 1 saturated heterocycles. The van der Waals surface area contributed by atoms with Gasteiger partial charge in [-0.25, -0.2) is 8.42 Å². The summed E-state index contributed by atoms with van der Waals surface area (Å²) in [6.07, 6.45) is 0. The van der Waals surface area contributed by atoms with Crippen LogP contribution in [0, 0.1) is 0 Å². The molecule has 2 aromatic carbocycles. The van der Waals surface area contributed by atoms with Crippen LogP contribution in [-0.4, -0.2) is 65.8 Å². The van der Waals surface area contributed by atoms with Gasteiger partial charge in [-0.2, -0.15) is 4.31 Å². The number of carbonyl (C=O) groups excluding carboxylic acids is 1. The third-order valence-electron chi connectivity index (χ3n) is 5.14. The number of carbonyl (C=O) groups is 1. The van der Waals surface area contributed by atoms with Crippen molar-refractivity contribution >= 4 is 27.5 Å². The van der Waals surface area contributed by atoms with Gasteiger partial charge in [-0.1, -0.05) is 17.7 Å². The van der Waals surface area contributed by atoms with Gasteiger partial charge in [0.2, 0.25) is 10.0 Å². The highest BCUT2D eigenvalue weighted by molar-refractivity contribution is 7.89. The zero-order chi connectivity index (χ0) is 24.0. The summed E-state index contributed by atoms with van der Waals surface area (Å²) in [4.78, 5) is 12.4. The minimum Gasteiger partial charge on any atom is -0.493 e. The van der Waals surface area contributed by atoms with E-state index in [1.54, 1.807) is 19.2 Å². The van der Waals surface area contributed by atoms with Gasteiger partial charge < -0.3 is 24.3 Å². The van der Waals surface area contributed by atoms with Gasteiger partial charge >= 0.3 is 0 Å². The fourth-order valence-corrected chi connectivity index (χ4v) is 5.16. The van der Waals surface area contributed by atoms with Gasteiger partial charge in [0, 0.05) is 18.1 Å². The molecule has 3 rings (SSSR count). The summed E-state index contributed by atoms with van der Waals surface area (Å²) < 4.78 is 48.9. The Kier molecular flexibility index (Phi) is 8.41. The molecule has 2 aromatic rings. The largest absolute Gasteiger partial charge is 0.493 e. The first kappa shape index (κ1) is 25.1. The van der Waals surface area contributed by atoms with E-state index >= 15 is 0 Å². The highest BCUT2D eigenvalue weighted by atomic mass is 35.5. The Morgan fingerprint density at radius 1 is 1.09 bits per heavy atom. The van der Waals surface area contributed by atoms with E-state index in [1.165, 1.54) is 29.6 Å². The van der Waals surface area contributed by atoms with E-state index in [-0.39, 0.29) is 41.4 Å². The average molecular weight is 499 g/mol. The maximum Gasteiger partial charge on any atom is 0.258 e. The molecule has 9 nitrogen and oxygen atoms in total. The highest BCUT2D eigenvalue weighted by Crippen LogP contribution is 2.31. The number of benzene rings is 2. The zero-order valence-corrected chi connectivity index (χ0v) is 20.2. The molecule has 1 N–H and O–H groups in total. The van der Waals surface area contributed by atoms with Crippen LogP contribution in [-0.2, 0) is 19.6 Å². The van der Waals surface area contributed by atoms with Crippen LogP contribution in [0.5, 0.6) is 17.2 Å². The fraction of sp³-hybridized carbons (Fsp3) is 0.409. The molecule has 1 heterocycles. The molecule has 0 radical (unpaired) electrons. The molecule has 180 valence electrons. The zero-order valence-electron chi connectivity index (χ0n) is 18.7. The van der Waals surface area contributed by atoms with Gasteiger partial charge in [0.15, 0.2) is 18.1 Å². The number of hydrogen-bond acceptors (Lipinski definition) is 7. The lowest BCUT2D eigenvalue weighted by Crippen LogP contribution is -2.40. The molecule has 1 aliphatic rings. The SMILES string of the molecule is COc1ccc(C(C)NC(=O)COc2ccc(Cl)cc2S(=O)(=O)N2CCOCC2)cc1OC. The molecule has 0 bridgehead atoms. The second-order valence-electron chi connectivity index (χ2n) is 7.30. The smallest absolute Gasteiger partial charge is 0.258 e. The van der Waals surface area contributed by atoms with E-state index in [1.807, 2.05) is 13.0 Å². The number of sulfonamides is 1. The van der Waals surface area contributed by atoms with Gasteiger partial charge in [-0.3, -0.25) is 4.79 Å². The van der Waals surface area contributed by atoms with Gasteiger partial charge in [0.1, 0.15) is 10.6 Å². The molecular formula is C22H27ClN2O7S. The predicted molar refractivity (Wildman–Crippen MR) is 123 cm³/mol. The Morgan fingerprint density at radius 2 is 1.76 bits per heavy atom. The first-order chi connectivity index (χ1) is 15.8. The number of halogens is 1. The molecule has 0 aromatic heterocycles. The summed E-state index contributed by atoms with van der Waals surface area (Å²) >= 11 is 6.05. The first-order valence-electron chi connectivity index (χ1n) is 10.3. The van der Waals surface area contributed by atoms with Crippen LogP contribution >= 0.6 is 11.6 Å². The number of nitrogens with zero attached hydrogens (tertiary/aromatic N) is 1. The average Bonchev–Trinajstić information content (AvgIpc) is 2.83. The summed E-state index contributed by atoms with van der Waals surface area (Å²) in [5.41, 5.74) is 0.808. The van der Waals surface area contributed by atoms with Gasteiger partial charge in [0.05, 0.1) is 33.5 Å². The number of rotatable bonds is 9. The van der Waals surface area contributed by atoms with E-state index in [4.69, 9.17) is 30.5 Å². The Hall–Kier alpha value is -2.53. The number of hydrogen-bond donors (Lipinski definition) is 1. The van der Waals surface area contributed by atoms with Gasteiger partial charge in [-0.05, 0) is 42.8 Å². The van der Waals surface area contributed by atoms with Crippen LogP contribution in [0.1, 0.15) is 18.5 Å². The third-order valence-corrected chi connectivity index (χ3v) is 7.29. The van der Waals surface area contributed by atoms with Crippen molar-refractivity contribution in [3.05, 3.63) is 47.0 Å². The van der Waals surface area contributed by atoms with E-state index in [0.29, 0.717) is 24.7 Å². The minimum atomic E-state index is -3.86. The van der Waals surface area contributed by atoms with Crippen molar-refractivity contribution in [2.75, 3.05) is 47.1 Å². The minimum absolute atomic E-state index is 0.0554. The van der Waals surface area contributed by atoms with E-state index in [9.17, 15) is 13.2 Å². The third kappa shape index (κ3) is 6.08. The Bertz CT molecular complexity index is 1090. The molecule has 11 heteroatoms. The standard InChI is InChI=1S/C22H27ClN2O7S/c1-15(16-4-6-18(29-2)20(12-16)30-3)24-22(26)14-32-19-7-5-17(23)13-21(19)33(27,28)25-8-10-31-11-9-25/h4-7,12-13,15H,8-11,14H2,1-3H3,(H,24,26). The lowest BCUT2D eigenvalue weighted by molar-refractivity contribution is -0.123. The van der Waals surface area contributed by atoms with Crippen molar-refractivity contribution < 1.29 is 32.2 Å². The molecule has 1 atom stereocenters. The maximum absolute atomic E-state index is 13.1. The van der Waals surface area contributed by atoms with Crippen molar-refractivity contribution in [3.8, 4) is 17.2 Å². The number of nitrogens with one attached hydrogen (secondary N) is 1. The highest BCUT2D eigenvalue weighted by Gasteiger charge is 2.30. The molecule has 33 heavy (non-hydrogen) atoms. The van der Waals surface area contributed by atoms with Gasteiger partial charge in [-0.15, -0.1) is 0 Å². The number of amides is 1. The first-order valence-corrected chi connectivity index (χ1v) is 12.1.